The van der Waals surface area contributed by atoms with Crippen LogP contribution in [0.4, 0.5) is 4.39 Å². The van der Waals surface area contributed by atoms with Gasteiger partial charge in [-0.25, -0.2) is 4.39 Å². The van der Waals surface area contributed by atoms with Crippen molar-refractivity contribution in [2.24, 2.45) is 0 Å². The Labute approximate surface area is 110 Å². The van der Waals surface area contributed by atoms with E-state index in [4.69, 9.17) is 5.11 Å². The molecule has 100 valence electrons. The standard InChI is InChI=1S/C14H15FN2O2/c1-10(9-18)16-14(19)11-4-5-13(12(15)8-11)17-6-2-3-7-17/h2-8,10,18H,9H2,1H3,(H,16,19). The number of carbonyl (C=O) groups excluding carboxylic acids is 1. The number of benzene rings is 1. The third-order valence-corrected chi connectivity index (χ3v) is 2.74. The van der Waals surface area contributed by atoms with Gasteiger partial charge in [0.05, 0.1) is 12.3 Å². The molecule has 0 aliphatic rings. The minimum absolute atomic E-state index is 0.157. The molecule has 0 radical (unpaired) electrons. The zero-order valence-electron chi connectivity index (χ0n) is 10.5. The van der Waals surface area contributed by atoms with Crippen molar-refractivity contribution in [1.29, 1.82) is 0 Å². The average Bonchev–Trinajstić information content (AvgIpc) is 2.92. The number of nitrogens with zero attached hydrogens (tertiary/aromatic N) is 1. The van der Waals surface area contributed by atoms with Gasteiger partial charge < -0.3 is 15.0 Å². The van der Waals surface area contributed by atoms with Crippen LogP contribution < -0.4 is 5.32 Å². The second-order valence-corrected chi connectivity index (χ2v) is 4.31. The lowest BCUT2D eigenvalue weighted by atomic mass is 10.1. The van der Waals surface area contributed by atoms with Gasteiger partial charge in [-0.15, -0.1) is 0 Å². The van der Waals surface area contributed by atoms with Crippen molar-refractivity contribution in [2.45, 2.75) is 13.0 Å². The molecule has 0 spiro atoms. The van der Waals surface area contributed by atoms with Gasteiger partial charge in [-0.05, 0) is 37.3 Å². The van der Waals surface area contributed by atoms with Crippen molar-refractivity contribution < 1.29 is 14.3 Å². The summed E-state index contributed by atoms with van der Waals surface area (Å²) in [6, 6.07) is 7.52. The van der Waals surface area contributed by atoms with E-state index in [-0.39, 0.29) is 18.2 Å². The summed E-state index contributed by atoms with van der Waals surface area (Å²) in [6.07, 6.45) is 3.46. The maximum atomic E-state index is 13.9. The molecule has 0 saturated carbocycles. The van der Waals surface area contributed by atoms with E-state index in [1.807, 2.05) is 0 Å². The normalized spacial score (nSPS) is 12.2. The van der Waals surface area contributed by atoms with Crippen LogP contribution in [-0.2, 0) is 0 Å². The minimum Gasteiger partial charge on any atom is -0.394 e. The second-order valence-electron chi connectivity index (χ2n) is 4.31. The van der Waals surface area contributed by atoms with E-state index in [0.29, 0.717) is 5.69 Å². The van der Waals surface area contributed by atoms with E-state index in [2.05, 4.69) is 5.32 Å². The lowest BCUT2D eigenvalue weighted by Gasteiger charge is -2.11. The molecule has 2 N–H and O–H groups in total. The number of hydrogen-bond donors (Lipinski definition) is 2. The number of carbonyl (C=O) groups is 1. The molecule has 1 atom stereocenters. The molecule has 2 aromatic rings. The highest BCUT2D eigenvalue weighted by Crippen LogP contribution is 2.15. The molecule has 0 fully saturated rings. The fraction of sp³-hybridized carbons (Fsp3) is 0.214. The van der Waals surface area contributed by atoms with Gasteiger partial charge in [-0.1, -0.05) is 0 Å². The first-order valence-corrected chi connectivity index (χ1v) is 5.96. The molecule has 0 aliphatic heterocycles. The van der Waals surface area contributed by atoms with Crippen molar-refractivity contribution in [2.75, 3.05) is 6.61 Å². The molecule has 1 heterocycles. The van der Waals surface area contributed by atoms with Gasteiger partial charge in [-0.3, -0.25) is 4.79 Å². The first-order chi connectivity index (χ1) is 9.11. The number of rotatable bonds is 4. The molecule has 19 heavy (non-hydrogen) atoms. The molecule has 0 aliphatic carbocycles. The summed E-state index contributed by atoms with van der Waals surface area (Å²) >= 11 is 0. The molecule has 1 amide bonds. The lowest BCUT2D eigenvalue weighted by molar-refractivity contribution is 0.0922. The van der Waals surface area contributed by atoms with E-state index < -0.39 is 11.7 Å². The van der Waals surface area contributed by atoms with E-state index in [0.717, 1.165) is 0 Å². The fourth-order valence-electron chi connectivity index (χ4n) is 1.71. The predicted octanol–water partition coefficient (Wildman–Crippen LogP) is 1.73. The highest BCUT2D eigenvalue weighted by Gasteiger charge is 2.12. The minimum atomic E-state index is -0.472. The van der Waals surface area contributed by atoms with E-state index in [1.54, 1.807) is 48.1 Å². The zero-order chi connectivity index (χ0) is 13.8. The molecule has 2 rings (SSSR count). The summed E-state index contributed by atoms with van der Waals surface area (Å²) < 4.78 is 15.6. The van der Waals surface area contributed by atoms with Crippen molar-refractivity contribution in [3.8, 4) is 5.69 Å². The smallest absolute Gasteiger partial charge is 0.251 e. The maximum absolute atomic E-state index is 13.9. The van der Waals surface area contributed by atoms with E-state index in [1.165, 1.54) is 6.07 Å². The molecular weight excluding hydrogens is 247 g/mol. The van der Waals surface area contributed by atoms with Gasteiger partial charge in [-0.2, -0.15) is 0 Å². The van der Waals surface area contributed by atoms with Gasteiger partial charge in [0, 0.05) is 24.0 Å². The topological polar surface area (TPSA) is 54.3 Å². The Bertz CT molecular complexity index is 567. The maximum Gasteiger partial charge on any atom is 0.251 e. The van der Waals surface area contributed by atoms with Crippen LogP contribution in [0.15, 0.2) is 42.7 Å². The number of aliphatic hydroxyl groups excluding tert-OH is 1. The summed E-state index contributed by atoms with van der Waals surface area (Å²) in [7, 11) is 0. The quantitative estimate of drug-likeness (QED) is 0.881. The third-order valence-electron chi connectivity index (χ3n) is 2.74. The SMILES string of the molecule is CC(CO)NC(=O)c1ccc(-n2cccc2)c(F)c1. The number of amides is 1. The Kier molecular flexibility index (Phi) is 3.97. The van der Waals surface area contributed by atoms with Crippen molar-refractivity contribution in [3.63, 3.8) is 0 Å². The summed E-state index contributed by atoms with van der Waals surface area (Å²) in [5.41, 5.74) is 0.616. The number of hydrogen-bond acceptors (Lipinski definition) is 2. The van der Waals surface area contributed by atoms with Gasteiger partial charge >= 0.3 is 0 Å². The zero-order valence-corrected chi connectivity index (χ0v) is 10.5. The van der Waals surface area contributed by atoms with Gasteiger partial charge in [0.15, 0.2) is 0 Å². The molecule has 1 aromatic heterocycles. The second kappa shape index (κ2) is 5.67. The molecule has 4 nitrogen and oxygen atoms in total. The first kappa shape index (κ1) is 13.3. The highest BCUT2D eigenvalue weighted by molar-refractivity contribution is 5.94. The number of aromatic nitrogens is 1. The molecule has 1 aromatic carbocycles. The average molecular weight is 262 g/mol. The number of aliphatic hydroxyl groups is 1. The Morgan fingerprint density at radius 1 is 1.42 bits per heavy atom. The van der Waals surface area contributed by atoms with Crippen LogP contribution in [0.25, 0.3) is 5.69 Å². The van der Waals surface area contributed by atoms with Gasteiger partial charge in [0.2, 0.25) is 0 Å². The summed E-state index contributed by atoms with van der Waals surface area (Å²) in [6.45, 7) is 1.51. The summed E-state index contributed by atoms with van der Waals surface area (Å²) in [4.78, 5) is 11.8. The molecular formula is C14H15FN2O2. The van der Waals surface area contributed by atoms with Crippen LogP contribution in [-0.4, -0.2) is 28.2 Å². The number of halogens is 1. The van der Waals surface area contributed by atoms with Crippen LogP contribution in [0.3, 0.4) is 0 Å². The van der Waals surface area contributed by atoms with Crippen LogP contribution in [0.5, 0.6) is 0 Å². The van der Waals surface area contributed by atoms with Crippen molar-refractivity contribution >= 4 is 5.91 Å². The van der Waals surface area contributed by atoms with Gasteiger partial charge in [0.25, 0.3) is 5.91 Å². The molecule has 1 unspecified atom stereocenters. The number of nitrogens with one attached hydrogen (secondary N) is 1. The monoisotopic (exact) mass is 262 g/mol. The largest absolute Gasteiger partial charge is 0.394 e. The summed E-state index contributed by atoms with van der Waals surface area (Å²) in [5.74, 6) is -0.875. The van der Waals surface area contributed by atoms with Crippen LogP contribution in [0.2, 0.25) is 0 Å². The van der Waals surface area contributed by atoms with E-state index in [9.17, 15) is 9.18 Å². The fourth-order valence-corrected chi connectivity index (χ4v) is 1.71. The van der Waals surface area contributed by atoms with E-state index >= 15 is 0 Å². The molecule has 0 bridgehead atoms. The third kappa shape index (κ3) is 3.00. The first-order valence-electron chi connectivity index (χ1n) is 5.96. The molecule has 0 saturated heterocycles. The van der Waals surface area contributed by atoms with Crippen molar-refractivity contribution in [1.82, 2.24) is 9.88 Å². The van der Waals surface area contributed by atoms with Crippen LogP contribution in [0, 0.1) is 5.82 Å². The Hall–Kier alpha value is -2.14. The predicted molar refractivity (Wildman–Crippen MR) is 69.7 cm³/mol. The Morgan fingerprint density at radius 2 is 2.11 bits per heavy atom. The lowest BCUT2D eigenvalue weighted by Crippen LogP contribution is -2.35. The Balaban J connectivity index is 2.22. The van der Waals surface area contributed by atoms with Crippen LogP contribution >= 0.6 is 0 Å². The Morgan fingerprint density at radius 3 is 2.68 bits per heavy atom. The molecule has 5 heteroatoms. The highest BCUT2D eigenvalue weighted by atomic mass is 19.1. The summed E-state index contributed by atoms with van der Waals surface area (Å²) in [5, 5.41) is 11.4. The van der Waals surface area contributed by atoms with Gasteiger partial charge in [0.1, 0.15) is 5.82 Å². The van der Waals surface area contributed by atoms with Crippen molar-refractivity contribution in [3.05, 3.63) is 54.1 Å². The van der Waals surface area contributed by atoms with Crippen LogP contribution in [0.1, 0.15) is 17.3 Å².